The zero-order valence-electron chi connectivity index (χ0n) is 21.9. The number of carbonyl (C=O) groups excluding carboxylic acids is 1. The fraction of sp³-hybridized carbons (Fsp3) is 0.429. The molecule has 0 saturated carbocycles. The van der Waals surface area contributed by atoms with Gasteiger partial charge in [-0.25, -0.2) is 4.79 Å². The average molecular weight is 586 g/mol. The number of thioether (sulfide) groups is 2. The quantitative estimate of drug-likeness (QED) is 0.203. The predicted molar refractivity (Wildman–Crippen MR) is 152 cm³/mol. The van der Waals surface area contributed by atoms with Crippen LogP contribution in [0.2, 0.25) is 0 Å². The summed E-state index contributed by atoms with van der Waals surface area (Å²) in [5, 5.41) is 42.8. The van der Waals surface area contributed by atoms with Gasteiger partial charge >= 0.3 is 5.97 Å². The Labute approximate surface area is 240 Å². The molecule has 2 aromatic rings. The van der Waals surface area contributed by atoms with Gasteiger partial charge in [0.1, 0.15) is 4.87 Å². The molecular formula is C28H31N3O7S2. The number of β-lactam (4-membered cyclic amide) rings is 1. The van der Waals surface area contributed by atoms with Gasteiger partial charge in [-0.05, 0) is 30.5 Å². The van der Waals surface area contributed by atoms with Crippen LogP contribution >= 0.6 is 23.5 Å². The Balaban J connectivity index is 1.35. The third-order valence-corrected chi connectivity index (χ3v) is 10.7. The number of amides is 1. The van der Waals surface area contributed by atoms with Gasteiger partial charge in [0.2, 0.25) is 5.91 Å². The average Bonchev–Trinajstić information content (AvgIpc) is 3.49. The number of fused-ring (bicyclic) bond motifs is 1. The topological polar surface area (TPSA) is 144 Å². The van der Waals surface area contributed by atoms with E-state index in [1.54, 1.807) is 19.1 Å². The molecular weight excluding hydrogens is 554 g/mol. The maximum atomic E-state index is 13.3. The van der Waals surface area contributed by atoms with Crippen LogP contribution in [0, 0.1) is 16.0 Å². The van der Waals surface area contributed by atoms with Crippen LogP contribution in [0.15, 0.2) is 64.5 Å². The van der Waals surface area contributed by atoms with Crippen molar-refractivity contribution in [2.45, 2.75) is 48.5 Å². The molecule has 3 aliphatic heterocycles. The molecule has 2 aromatic carbocycles. The normalized spacial score (nSPS) is 26.0. The van der Waals surface area contributed by atoms with Crippen LogP contribution in [0.5, 0.6) is 0 Å². The van der Waals surface area contributed by atoms with E-state index in [1.807, 2.05) is 30.3 Å². The zero-order chi connectivity index (χ0) is 28.6. The summed E-state index contributed by atoms with van der Waals surface area (Å²) >= 11 is 2.75. The van der Waals surface area contributed by atoms with Gasteiger partial charge in [-0.2, -0.15) is 0 Å². The third-order valence-electron chi connectivity index (χ3n) is 7.77. The first-order chi connectivity index (χ1) is 19.1. The Hall–Kier alpha value is -2.90. The number of nitro groups is 1. The van der Waals surface area contributed by atoms with Crippen molar-refractivity contribution in [3.8, 4) is 0 Å². The van der Waals surface area contributed by atoms with Gasteiger partial charge in [0, 0.05) is 36.9 Å². The van der Waals surface area contributed by atoms with Gasteiger partial charge in [-0.1, -0.05) is 61.2 Å². The molecule has 5 atom stereocenters. The van der Waals surface area contributed by atoms with Gasteiger partial charge in [-0.3, -0.25) is 24.7 Å². The van der Waals surface area contributed by atoms with Crippen LogP contribution in [0.1, 0.15) is 37.0 Å². The number of aliphatic hydroxyl groups excluding tert-OH is 2. The largest absolute Gasteiger partial charge is 0.477 e. The number of hydrogen-bond acceptors (Lipinski definition) is 9. The lowest BCUT2D eigenvalue weighted by Gasteiger charge is -2.54. The van der Waals surface area contributed by atoms with Gasteiger partial charge in [-0.15, -0.1) is 11.8 Å². The first-order valence-corrected chi connectivity index (χ1v) is 14.9. The molecule has 12 heteroatoms. The van der Waals surface area contributed by atoms with E-state index in [4.69, 9.17) is 0 Å². The summed E-state index contributed by atoms with van der Waals surface area (Å²) in [4.78, 5) is 38.9. The molecule has 2 unspecified atom stereocenters. The second-order valence-corrected chi connectivity index (χ2v) is 13.2. The van der Waals surface area contributed by atoms with Crippen LogP contribution in [0.3, 0.4) is 0 Å². The monoisotopic (exact) mass is 585 g/mol. The molecule has 0 aromatic heterocycles. The van der Waals surface area contributed by atoms with E-state index >= 15 is 0 Å². The maximum absolute atomic E-state index is 13.3. The number of aliphatic carboxylic acids is 1. The molecule has 10 nitrogen and oxygen atoms in total. The standard InChI is InChI=1S/C28H31N3O7S2/c1-2-21(32)23-25(34)30-24(26(35)36)27(40-28(23,30)14-17-8-10-19(11-9-17)31(37)38)39-20-12-13-29(15-20)16-22(33)18-6-4-3-5-7-18/h3-11,20-23,32-33H,2,12-16H2,1H3,(H,35,36)/t20?,21-,22?,23+,28+/m0/s1. The number of rotatable bonds is 11. The number of carboxylic acid groups (broad SMARTS) is 1. The van der Waals surface area contributed by atoms with Crippen molar-refractivity contribution in [2.75, 3.05) is 19.6 Å². The molecule has 1 amide bonds. The Bertz CT molecular complexity index is 1320. The van der Waals surface area contributed by atoms with Crippen LogP contribution in [-0.4, -0.2) is 77.8 Å². The first kappa shape index (κ1) is 28.6. The second kappa shape index (κ2) is 11.5. The lowest BCUT2D eigenvalue weighted by Crippen LogP contribution is -2.71. The fourth-order valence-electron chi connectivity index (χ4n) is 5.75. The molecule has 0 radical (unpaired) electrons. The van der Waals surface area contributed by atoms with Gasteiger partial charge < -0.3 is 15.3 Å². The number of benzene rings is 2. The smallest absolute Gasteiger partial charge is 0.354 e. The molecule has 0 bridgehead atoms. The Kier molecular flexibility index (Phi) is 8.25. The summed E-state index contributed by atoms with van der Waals surface area (Å²) in [5.74, 6) is -2.42. The molecule has 5 rings (SSSR count). The van der Waals surface area contributed by atoms with E-state index < -0.39 is 39.8 Å². The summed E-state index contributed by atoms with van der Waals surface area (Å²) in [6.07, 6.45) is -0.202. The molecule has 3 N–H and O–H groups in total. The highest BCUT2D eigenvalue weighted by Gasteiger charge is 2.68. The number of carboxylic acids is 1. The Morgan fingerprint density at radius 2 is 1.90 bits per heavy atom. The minimum atomic E-state index is -1.20. The van der Waals surface area contributed by atoms with E-state index in [-0.39, 0.29) is 23.1 Å². The van der Waals surface area contributed by atoms with Gasteiger partial charge in [0.15, 0.2) is 5.70 Å². The van der Waals surface area contributed by atoms with E-state index in [0.29, 0.717) is 29.3 Å². The van der Waals surface area contributed by atoms with Crippen molar-refractivity contribution in [1.29, 1.82) is 0 Å². The van der Waals surface area contributed by atoms with Crippen molar-refractivity contribution < 1.29 is 29.8 Å². The second-order valence-electron chi connectivity index (χ2n) is 10.3. The van der Waals surface area contributed by atoms with Gasteiger partial charge in [0.05, 0.1) is 27.3 Å². The summed E-state index contributed by atoms with van der Waals surface area (Å²) < 4.78 is 0.532. The Morgan fingerprint density at radius 3 is 2.52 bits per heavy atom. The number of nitrogens with zero attached hydrogens (tertiary/aromatic N) is 3. The number of β-amino-alcohol motifs (C(OH)–C–C–N with tert-alkyl or cyclic N) is 1. The number of hydrogen-bond donors (Lipinski definition) is 3. The highest BCUT2D eigenvalue weighted by Crippen LogP contribution is 2.63. The molecule has 0 spiro atoms. The zero-order valence-corrected chi connectivity index (χ0v) is 23.5. The summed E-state index contributed by atoms with van der Waals surface area (Å²) in [5.41, 5.74) is 1.43. The summed E-state index contributed by atoms with van der Waals surface area (Å²) in [6, 6.07) is 15.5. The molecule has 2 saturated heterocycles. The fourth-order valence-corrected chi connectivity index (χ4v) is 9.38. The predicted octanol–water partition coefficient (Wildman–Crippen LogP) is 3.60. The van der Waals surface area contributed by atoms with E-state index in [2.05, 4.69) is 4.90 Å². The molecule has 3 heterocycles. The Morgan fingerprint density at radius 1 is 1.20 bits per heavy atom. The summed E-state index contributed by atoms with van der Waals surface area (Å²) in [7, 11) is 0. The number of nitro benzene ring substituents is 1. The van der Waals surface area contributed by atoms with Crippen molar-refractivity contribution >= 4 is 41.1 Å². The van der Waals surface area contributed by atoms with Crippen LogP contribution < -0.4 is 0 Å². The first-order valence-electron chi connectivity index (χ1n) is 13.2. The number of non-ortho nitro benzene ring substituents is 1. The SMILES string of the molecule is CC[C@H](O)[C@@H]1C(=O)N2C(C(=O)O)=C(SC3CCN(CC(O)c4ccccc4)C3)S[C@]12Cc1ccc([N+](=O)[O-])cc1. The van der Waals surface area contributed by atoms with Crippen LogP contribution in [-0.2, 0) is 16.0 Å². The minimum absolute atomic E-state index is 0.0595. The van der Waals surface area contributed by atoms with Crippen molar-refractivity contribution in [3.63, 3.8) is 0 Å². The number of aliphatic hydroxyl groups is 2. The van der Waals surface area contributed by atoms with Crippen molar-refractivity contribution in [3.05, 3.63) is 85.8 Å². The van der Waals surface area contributed by atoms with Crippen molar-refractivity contribution in [1.82, 2.24) is 9.80 Å². The van der Waals surface area contributed by atoms with E-state index in [0.717, 1.165) is 18.5 Å². The highest BCUT2D eigenvalue weighted by molar-refractivity contribution is 8.23. The molecule has 212 valence electrons. The molecule has 0 aliphatic carbocycles. The van der Waals surface area contributed by atoms with Gasteiger partial charge in [0.25, 0.3) is 5.69 Å². The van der Waals surface area contributed by atoms with Crippen LogP contribution in [0.4, 0.5) is 5.69 Å². The van der Waals surface area contributed by atoms with Crippen molar-refractivity contribution in [2.24, 2.45) is 5.92 Å². The lowest BCUT2D eigenvalue weighted by molar-refractivity contribution is -0.384. The molecule has 2 fully saturated rings. The molecule has 40 heavy (non-hydrogen) atoms. The number of likely N-dealkylation sites (tertiary alicyclic amines) is 1. The highest BCUT2D eigenvalue weighted by atomic mass is 32.2. The summed E-state index contributed by atoms with van der Waals surface area (Å²) in [6.45, 7) is 3.67. The van der Waals surface area contributed by atoms with E-state index in [9.17, 15) is 35.0 Å². The number of carbonyl (C=O) groups is 2. The molecule has 3 aliphatic rings. The lowest BCUT2D eigenvalue weighted by atomic mass is 9.77. The minimum Gasteiger partial charge on any atom is -0.477 e. The van der Waals surface area contributed by atoms with Crippen LogP contribution in [0.25, 0.3) is 0 Å². The third kappa shape index (κ3) is 5.26. The maximum Gasteiger partial charge on any atom is 0.354 e. The van der Waals surface area contributed by atoms with E-state index in [1.165, 1.54) is 40.6 Å².